The summed E-state index contributed by atoms with van der Waals surface area (Å²) in [6.07, 6.45) is 5.20. The largest absolute Gasteiger partial charge is 0.480 e. The van der Waals surface area contributed by atoms with Crippen LogP contribution in [0.1, 0.15) is 37.7 Å². The van der Waals surface area contributed by atoms with E-state index in [0.29, 0.717) is 5.69 Å². The number of carbonyl (C=O) groups is 1. The van der Waals surface area contributed by atoms with Crippen LogP contribution >= 0.6 is 0 Å². The molecular formula is C15H20FNO2. The van der Waals surface area contributed by atoms with Gasteiger partial charge in [-0.05, 0) is 49.4 Å². The maximum absolute atomic E-state index is 13.3. The number of anilines is 1. The van der Waals surface area contributed by atoms with Gasteiger partial charge in [0.1, 0.15) is 11.9 Å². The van der Waals surface area contributed by atoms with Gasteiger partial charge in [-0.2, -0.15) is 0 Å². The van der Waals surface area contributed by atoms with Crippen molar-refractivity contribution in [2.24, 2.45) is 5.92 Å². The van der Waals surface area contributed by atoms with Gasteiger partial charge in [0.05, 0.1) is 0 Å². The lowest BCUT2D eigenvalue weighted by Gasteiger charge is -2.28. The van der Waals surface area contributed by atoms with Crippen LogP contribution in [0.5, 0.6) is 0 Å². The number of aryl methyl sites for hydroxylation is 1. The molecule has 4 heteroatoms. The number of aliphatic carboxylic acids is 1. The molecule has 104 valence electrons. The highest BCUT2D eigenvalue weighted by atomic mass is 19.1. The van der Waals surface area contributed by atoms with Crippen molar-refractivity contribution in [2.75, 3.05) is 5.32 Å². The van der Waals surface area contributed by atoms with Crippen molar-refractivity contribution in [1.29, 1.82) is 0 Å². The van der Waals surface area contributed by atoms with Crippen molar-refractivity contribution in [3.63, 3.8) is 0 Å². The van der Waals surface area contributed by atoms with Crippen LogP contribution in [0, 0.1) is 18.7 Å². The third-order valence-electron chi connectivity index (χ3n) is 3.75. The number of halogens is 1. The minimum absolute atomic E-state index is 0.134. The van der Waals surface area contributed by atoms with Crippen molar-refractivity contribution >= 4 is 11.7 Å². The number of nitrogens with one attached hydrogen (secondary N) is 1. The van der Waals surface area contributed by atoms with Crippen molar-refractivity contribution in [3.8, 4) is 0 Å². The Morgan fingerprint density at radius 2 is 2.00 bits per heavy atom. The Labute approximate surface area is 112 Å². The second-order valence-electron chi connectivity index (χ2n) is 5.38. The highest BCUT2D eigenvalue weighted by molar-refractivity contribution is 5.77. The van der Waals surface area contributed by atoms with Crippen molar-refractivity contribution in [2.45, 2.75) is 45.1 Å². The quantitative estimate of drug-likeness (QED) is 0.874. The first-order chi connectivity index (χ1) is 9.06. The van der Waals surface area contributed by atoms with Gasteiger partial charge < -0.3 is 10.4 Å². The molecular weight excluding hydrogens is 245 g/mol. The smallest absolute Gasteiger partial charge is 0.326 e. The standard InChI is InChI=1S/C15H20FNO2/c1-10-7-12(16)9-13(8-10)17-14(15(18)19)11-5-3-2-4-6-11/h7-9,11,14,17H,2-6H2,1H3,(H,18,19). The molecule has 1 unspecified atom stereocenters. The molecule has 0 amide bonds. The van der Waals surface area contributed by atoms with Crippen LogP contribution in [0.2, 0.25) is 0 Å². The van der Waals surface area contributed by atoms with Crippen LogP contribution in [0.4, 0.5) is 10.1 Å². The Morgan fingerprint density at radius 1 is 1.32 bits per heavy atom. The maximum atomic E-state index is 13.3. The van der Waals surface area contributed by atoms with E-state index in [0.717, 1.165) is 31.2 Å². The Bertz CT molecular complexity index is 435. The zero-order valence-electron chi connectivity index (χ0n) is 11.2. The fraction of sp³-hybridized carbons (Fsp3) is 0.533. The summed E-state index contributed by atoms with van der Waals surface area (Å²) < 4.78 is 13.3. The van der Waals surface area contributed by atoms with E-state index in [1.807, 2.05) is 0 Å². The molecule has 1 fully saturated rings. The van der Waals surface area contributed by atoms with Gasteiger partial charge in [-0.25, -0.2) is 9.18 Å². The molecule has 0 radical (unpaired) electrons. The molecule has 3 nitrogen and oxygen atoms in total. The molecule has 2 rings (SSSR count). The summed E-state index contributed by atoms with van der Waals surface area (Å²) in [6, 6.07) is 3.94. The van der Waals surface area contributed by atoms with Crippen molar-refractivity contribution < 1.29 is 14.3 Å². The first-order valence-corrected chi connectivity index (χ1v) is 6.83. The van der Waals surface area contributed by atoms with E-state index in [-0.39, 0.29) is 11.7 Å². The predicted octanol–water partition coefficient (Wildman–Crippen LogP) is 3.58. The summed E-state index contributed by atoms with van der Waals surface area (Å²) in [4.78, 5) is 11.4. The van der Waals surface area contributed by atoms with E-state index in [2.05, 4.69) is 5.32 Å². The summed E-state index contributed by atoms with van der Waals surface area (Å²) in [5.41, 5.74) is 1.34. The molecule has 1 aliphatic rings. The monoisotopic (exact) mass is 265 g/mol. The van der Waals surface area contributed by atoms with E-state index in [1.165, 1.54) is 18.6 Å². The van der Waals surface area contributed by atoms with Crippen molar-refractivity contribution in [3.05, 3.63) is 29.6 Å². The van der Waals surface area contributed by atoms with Gasteiger partial charge >= 0.3 is 5.97 Å². The molecule has 19 heavy (non-hydrogen) atoms. The van der Waals surface area contributed by atoms with Gasteiger partial charge in [0.25, 0.3) is 0 Å². The average molecular weight is 265 g/mol. The van der Waals surface area contributed by atoms with E-state index >= 15 is 0 Å². The summed E-state index contributed by atoms with van der Waals surface area (Å²) >= 11 is 0. The maximum Gasteiger partial charge on any atom is 0.326 e. The minimum atomic E-state index is -0.853. The number of carboxylic acids is 1. The van der Waals surface area contributed by atoms with Gasteiger partial charge in [0, 0.05) is 5.69 Å². The number of hydrogen-bond donors (Lipinski definition) is 2. The van der Waals surface area contributed by atoms with Gasteiger partial charge in [0.15, 0.2) is 0 Å². The molecule has 1 aliphatic carbocycles. The zero-order valence-corrected chi connectivity index (χ0v) is 11.2. The zero-order chi connectivity index (χ0) is 13.8. The van der Waals surface area contributed by atoms with Gasteiger partial charge in [0.2, 0.25) is 0 Å². The SMILES string of the molecule is Cc1cc(F)cc(NC(C(=O)O)C2CCCCC2)c1. The first-order valence-electron chi connectivity index (χ1n) is 6.83. The number of rotatable bonds is 4. The van der Waals surface area contributed by atoms with Crippen LogP contribution in [0.25, 0.3) is 0 Å². The van der Waals surface area contributed by atoms with Crippen LogP contribution in [0.15, 0.2) is 18.2 Å². The molecule has 2 N–H and O–H groups in total. The molecule has 0 saturated heterocycles. The molecule has 1 atom stereocenters. The van der Waals surface area contributed by atoms with E-state index in [9.17, 15) is 14.3 Å². The summed E-state index contributed by atoms with van der Waals surface area (Å²) in [5.74, 6) is -1.06. The number of hydrogen-bond acceptors (Lipinski definition) is 2. The highest BCUT2D eigenvalue weighted by Gasteiger charge is 2.29. The average Bonchev–Trinajstić information content (AvgIpc) is 2.35. The first kappa shape index (κ1) is 13.8. The molecule has 1 aromatic carbocycles. The number of carboxylic acid groups (broad SMARTS) is 1. The summed E-state index contributed by atoms with van der Waals surface area (Å²) in [6.45, 7) is 1.80. The molecule has 1 aromatic rings. The second-order valence-corrected chi connectivity index (χ2v) is 5.38. The molecule has 0 aliphatic heterocycles. The number of benzene rings is 1. The normalized spacial score (nSPS) is 18.0. The summed E-state index contributed by atoms with van der Waals surface area (Å²) in [5, 5.41) is 12.4. The Morgan fingerprint density at radius 3 is 2.58 bits per heavy atom. The van der Waals surface area contributed by atoms with Crippen LogP contribution in [0.3, 0.4) is 0 Å². The Hall–Kier alpha value is -1.58. The molecule has 0 bridgehead atoms. The third-order valence-corrected chi connectivity index (χ3v) is 3.75. The lowest BCUT2D eigenvalue weighted by Crippen LogP contribution is -2.38. The van der Waals surface area contributed by atoms with Gasteiger partial charge in [-0.3, -0.25) is 0 Å². The van der Waals surface area contributed by atoms with Crippen molar-refractivity contribution in [1.82, 2.24) is 0 Å². The summed E-state index contributed by atoms with van der Waals surface area (Å²) in [7, 11) is 0. The van der Waals surface area contributed by atoms with E-state index in [4.69, 9.17) is 0 Å². The lowest BCUT2D eigenvalue weighted by atomic mass is 9.84. The van der Waals surface area contributed by atoms with Gasteiger partial charge in [-0.15, -0.1) is 0 Å². The molecule has 1 saturated carbocycles. The van der Waals surface area contributed by atoms with E-state index < -0.39 is 12.0 Å². The van der Waals surface area contributed by atoms with E-state index in [1.54, 1.807) is 13.0 Å². The Balaban J connectivity index is 2.13. The predicted molar refractivity (Wildman–Crippen MR) is 72.8 cm³/mol. The topological polar surface area (TPSA) is 49.3 Å². The molecule has 0 spiro atoms. The lowest BCUT2D eigenvalue weighted by molar-refractivity contribution is -0.139. The van der Waals surface area contributed by atoms with Crippen LogP contribution < -0.4 is 5.32 Å². The molecule has 0 heterocycles. The third kappa shape index (κ3) is 3.69. The fourth-order valence-corrected chi connectivity index (χ4v) is 2.85. The Kier molecular flexibility index (Phi) is 4.40. The fourth-order valence-electron chi connectivity index (χ4n) is 2.85. The highest BCUT2D eigenvalue weighted by Crippen LogP contribution is 2.28. The van der Waals surface area contributed by atoms with Crippen LogP contribution in [-0.4, -0.2) is 17.1 Å². The second kappa shape index (κ2) is 6.04. The van der Waals surface area contributed by atoms with Gasteiger partial charge in [-0.1, -0.05) is 19.3 Å². The molecule has 0 aromatic heterocycles. The minimum Gasteiger partial charge on any atom is -0.480 e. The van der Waals surface area contributed by atoms with Crippen LogP contribution in [-0.2, 0) is 4.79 Å².